The van der Waals surface area contributed by atoms with Crippen LogP contribution in [-0.4, -0.2) is 36.6 Å². The molecule has 2 rings (SSSR count). The number of likely N-dealkylation sites (tertiary alicyclic amines) is 1. The largest absolute Gasteiger partial charge is 0.300 e. The van der Waals surface area contributed by atoms with Crippen LogP contribution in [0, 0.1) is 16.7 Å². The molecular formula is C16H29N3. The molecule has 1 aliphatic heterocycles. The Balaban J connectivity index is 1.84. The van der Waals surface area contributed by atoms with Gasteiger partial charge in [0.2, 0.25) is 0 Å². The smallest absolute Gasteiger partial charge is 0.116 e. The molecule has 1 saturated carbocycles. The van der Waals surface area contributed by atoms with Crippen LogP contribution in [0.4, 0.5) is 0 Å². The molecule has 0 aromatic carbocycles. The van der Waals surface area contributed by atoms with Crippen LogP contribution < -0.4 is 5.32 Å². The number of nitrogens with one attached hydrogen (secondary N) is 1. The van der Waals surface area contributed by atoms with Crippen LogP contribution in [0.25, 0.3) is 0 Å². The summed E-state index contributed by atoms with van der Waals surface area (Å²) in [5.74, 6) is 0. The molecule has 0 radical (unpaired) electrons. The maximum Gasteiger partial charge on any atom is 0.116 e. The fourth-order valence-electron chi connectivity index (χ4n) is 3.96. The number of nitrogens with zero attached hydrogens (tertiary/aromatic N) is 2. The van der Waals surface area contributed by atoms with Crippen LogP contribution in [-0.2, 0) is 0 Å². The average Bonchev–Trinajstić information content (AvgIpc) is 2.43. The summed E-state index contributed by atoms with van der Waals surface area (Å²) < 4.78 is 0. The van der Waals surface area contributed by atoms with Gasteiger partial charge < -0.3 is 4.90 Å². The van der Waals surface area contributed by atoms with Crippen molar-refractivity contribution in [3.8, 4) is 6.07 Å². The highest BCUT2D eigenvalue weighted by molar-refractivity contribution is 5.06. The third kappa shape index (κ3) is 3.70. The summed E-state index contributed by atoms with van der Waals surface area (Å²) >= 11 is 0. The first-order chi connectivity index (χ1) is 9.11. The Morgan fingerprint density at radius 1 is 1.16 bits per heavy atom. The van der Waals surface area contributed by atoms with Crippen molar-refractivity contribution in [3.05, 3.63) is 0 Å². The lowest BCUT2D eigenvalue weighted by molar-refractivity contribution is 0.0590. The Morgan fingerprint density at radius 2 is 1.79 bits per heavy atom. The first-order valence-corrected chi connectivity index (χ1v) is 8.00. The highest BCUT2D eigenvalue weighted by atomic mass is 15.2. The zero-order valence-electron chi connectivity index (χ0n) is 12.7. The zero-order valence-corrected chi connectivity index (χ0v) is 12.7. The minimum atomic E-state index is -0.383. The van der Waals surface area contributed by atoms with Crippen molar-refractivity contribution in [2.45, 2.75) is 64.3 Å². The first-order valence-electron chi connectivity index (χ1n) is 8.00. The number of rotatable bonds is 4. The second-order valence-electron chi connectivity index (χ2n) is 6.81. The van der Waals surface area contributed by atoms with E-state index in [-0.39, 0.29) is 5.54 Å². The Kier molecular flexibility index (Phi) is 4.86. The van der Waals surface area contributed by atoms with Crippen molar-refractivity contribution in [1.29, 1.82) is 5.26 Å². The second-order valence-corrected chi connectivity index (χ2v) is 6.81. The number of piperidine rings is 1. The third-order valence-corrected chi connectivity index (χ3v) is 5.18. The molecule has 1 aliphatic carbocycles. The van der Waals surface area contributed by atoms with Gasteiger partial charge in [0, 0.05) is 6.54 Å². The molecule has 3 heteroatoms. The molecule has 0 amide bonds. The summed E-state index contributed by atoms with van der Waals surface area (Å²) in [6, 6.07) is 2.44. The van der Waals surface area contributed by atoms with Crippen molar-refractivity contribution < 1.29 is 0 Å². The quantitative estimate of drug-likeness (QED) is 0.847. The number of nitriles is 1. The molecule has 1 unspecified atom stereocenters. The summed E-state index contributed by atoms with van der Waals surface area (Å²) in [6.07, 6.45) is 9.91. The van der Waals surface area contributed by atoms with Gasteiger partial charge in [-0.2, -0.15) is 5.26 Å². The van der Waals surface area contributed by atoms with E-state index in [0.717, 1.165) is 13.1 Å². The first kappa shape index (κ1) is 14.8. The normalized spacial score (nSPS) is 26.8. The molecule has 2 fully saturated rings. The third-order valence-electron chi connectivity index (χ3n) is 5.18. The topological polar surface area (TPSA) is 39.1 Å². The number of hydrogen-bond acceptors (Lipinski definition) is 3. The zero-order chi connectivity index (χ0) is 13.8. The molecule has 0 bridgehead atoms. The van der Waals surface area contributed by atoms with E-state index in [9.17, 15) is 5.26 Å². The fraction of sp³-hybridized carbons (Fsp3) is 0.938. The van der Waals surface area contributed by atoms with Gasteiger partial charge in [-0.15, -0.1) is 0 Å². The van der Waals surface area contributed by atoms with Gasteiger partial charge in [0.15, 0.2) is 0 Å². The summed E-state index contributed by atoms with van der Waals surface area (Å²) in [5, 5.41) is 12.7. The van der Waals surface area contributed by atoms with Gasteiger partial charge in [0.25, 0.3) is 0 Å². The van der Waals surface area contributed by atoms with E-state index in [1.54, 1.807) is 0 Å². The molecule has 0 aromatic rings. The van der Waals surface area contributed by atoms with Gasteiger partial charge in [-0.1, -0.05) is 26.2 Å². The lowest BCUT2D eigenvalue weighted by Gasteiger charge is -2.45. The molecule has 0 aromatic heterocycles. The maximum absolute atomic E-state index is 9.35. The molecule has 1 atom stereocenters. The monoisotopic (exact) mass is 263 g/mol. The van der Waals surface area contributed by atoms with E-state index < -0.39 is 0 Å². The van der Waals surface area contributed by atoms with Gasteiger partial charge in [0.05, 0.1) is 6.07 Å². The number of hydrogen-bond donors (Lipinski definition) is 1. The van der Waals surface area contributed by atoms with E-state index in [1.807, 2.05) is 6.92 Å². The highest BCUT2D eigenvalue weighted by Crippen LogP contribution is 2.44. The molecular weight excluding hydrogens is 234 g/mol. The molecule has 108 valence electrons. The Hall–Kier alpha value is -0.590. The van der Waals surface area contributed by atoms with Gasteiger partial charge >= 0.3 is 0 Å². The molecule has 2 aliphatic rings. The predicted octanol–water partition coefficient (Wildman–Crippen LogP) is 2.92. The van der Waals surface area contributed by atoms with Crippen LogP contribution in [0.3, 0.4) is 0 Å². The minimum Gasteiger partial charge on any atom is -0.300 e. The molecule has 19 heavy (non-hydrogen) atoms. The van der Waals surface area contributed by atoms with Crippen LogP contribution >= 0.6 is 0 Å². The van der Waals surface area contributed by atoms with E-state index in [2.05, 4.69) is 23.2 Å². The van der Waals surface area contributed by atoms with E-state index in [1.165, 1.54) is 58.0 Å². The summed E-state index contributed by atoms with van der Waals surface area (Å²) in [5.41, 5.74) is 0.280. The Morgan fingerprint density at radius 3 is 2.32 bits per heavy atom. The summed E-state index contributed by atoms with van der Waals surface area (Å²) in [6.45, 7) is 8.20. The van der Waals surface area contributed by atoms with E-state index in [4.69, 9.17) is 0 Å². The Bertz CT molecular complexity index is 317. The lowest BCUT2D eigenvalue weighted by atomic mass is 9.68. The van der Waals surface area contributed by atoms with Crippen molar-refractivity contribution in [2.24, 2.45) is 5.41 Å². The van der Waals surface area contributed by atoms with Crippen LogP contribution in [0.1, 0.15) is 58.8 Å². The average molecular weight is 263 g/mol. The van der Waals surface area contributed by atoms with Crippen molar-refractivity contribution in [3.63, 3.8) is 0 Å². The maximum atomic E-state index is 9.35. The van der Waals surface area contributed by atoms with Crippen molar-refractivity contribution in [1.82, 2.24) is 10.2 Å². The van der Waals surface area contributed by atoms with Crippen molar-refractivity contribution >= 4 is 0 Å². The summed E-state index contributed by atoms with van der Waals surface area (Å²) in [4.78, 5) is 2.49. The van der Waals surface area contributed by atoms with Gasteiger partial charge in [0.1, 0.15) is 5.54 Å². The molecule has 1 heterocycles. The SMILES string of the molecule is CCNC(C)(C#N)CN1CCC2(CCCCC2)CC1. The van der Waals surface area contributed by atoms with Crippen molar-refractivity contribution in [2.75, 3.05) is 26.2 Å². The Labute approximate surface area is 118 Å². The lowest BCUT2D eigenvalue weighted by Crippen LogP contribution is -2.53. The molecule has 3 nitrogen and oxygen atoms in total. The molecule has 1 N–H and O–H groups in total. The van der Waals surface area contributed by atoms with Crippen LogP contribution in [0.15, 0.2) is 0 Å². The van der Waals surface area contributed by atoms with Gasteiger partial charge in [-0.25, -0.2) is 0 Å². The molecule has 1 spiro atoms. The van der Waals surface area contributed by atoms with Crippen LogP contribution in [0.5, 0.6) is 0 Å². The van der Waals surface area contributed by atoms with Gasteiger partial charge in [-0.05, 0) is 57.7 Å². The fourth-order valence-corrected chi connectivity index (χ4v) is 3.96. The standard InChI is InChI=1S/C16H29N3/c1-3-18-15(2,13-17)14-19-11-9-16(10-12-19)7-5-4-6-8-16/h18H,3-12,14H2,1-2H3. The second kappa shape index (κ2) is 6.24. The minimum absolute atomic E-state index is 0.383. The van der Waals surface area contributed by atoms with E-state index in [0.29, 0.717) is 5.41 Å². The summed E-state index contributed by atoms with van der Waals surface area (Å²) in [7, 11) is 0. The van der Waals surface area contributed by atoms with E-state index >= 15 is 0 Å². The number of likely N-dealkylation sites (N-methyl/N-ethyl adjacent to an activating group) is 1. The highest BCUT2D eigenvalue weighted by Gasteiger charge is 2.37. The van der Waals surface area contributed by atoms with Gasteiger partial charge in [-0.3, -0.25) is 5.32 Å². The van der Waals surface area contributed by atoms with Crippen LogP contribution in [0.2, 0.25) is 0 Å². The molecule has 1 saturated heterocycles. The predicted molar refractivity (Wildman–Crippen MR) is 78.9 cm³/mol.